The zero-order valence-corrected chi connectivity index (χ0v) is 12.1. The summed E-state index contributed by atoms with van der Waals surface area (Å²) in [7, 11) is 1.93. The Kier molecular flexibility index (Phi) is 5.61. The number of likely N-dealkylation sites (tertiary alicyclic amines) is 1. The van der Waals surface area contributed by atoms with E-state index in [1.165, 1.54) is 32.4 Å². The van der Waals surface area contributed by atoms with Crippen LogP contribution in [0.15, 0.2) is 12.1 Å². The van der Waals surface area contributed by atoms with Gasteiger partial charge in [-0.3, -0.25) is 9.88 Å². The van der Waals surface area contributed by atoms with Crippen LogP contribution in [0, 0.1) is 6.92 Å². The first-order valence-electron chi connectivity index (χ1n) is 7.26. The summed E-state index contributed by atoms with van der Waals surface area (Å²) >= 11 is 0. The highest BCUT2D eigenvalue weighted by Gasteiger charge is 2.10. The van der Waals surface area contributed by atoms with Gasteiger partial charge in [0.25, 0.3) is 0 Å². The highest BCUT2D eigenvalue weighted by Crippen LogP contribution is 2.17. The van der Waals surface area contributed by atoms with Gasteiger partial charge < -0.3 is 10.1 Å². The van der Waals surface area contributed by atoms with Crippen LogP contribution in [0.4, 0.5) is 0 Å². The van der Waals surface area contributed by atoms with Crippen LogP contribution in [0.5, 0.6) is 5.75 Å². The molecule has 1 aromatic rings. The summed E-state index contributed by atoms with van der Waals surface area (Å²) in [6.07, 6.45) is 4.04. The maximum absolute atomic E-state index is 5.90. The molecule has 0 atom stereocenters. The van der Waals surface area contributed by atoms with Gasteiger partial charge in [-0.15, -0.1) is 0 Å². The van der Waals surface area contributed by atoms with Gasteiger partial charge in [-0.05, 0) is 52.0 Å². The highest BCUT2D eigenvalue weighted by atomic mass is 16.5. The predicted molar refractivity (Wildman–Crippen MR) is 77.5 cm³/mol. The Morgan fingerprint density at radius 3 is 2.79 bits per heavy atom. The van der Waals surface area contributed by atoms with Crippen molar-refractivity contribution >= 4 is 0 Å². The van der Waals surface area contributed by atoms with Crippen LogP contribution in [-0.2, 0) is 6.54 Å². The molecule has 2 heterocycles. The van der Waals surface area contributed by atoms with Crippen LogP contribution in [0.2, 0.25) is 0 Å². The van der Waals surface area contributed by atoms with Crippen molar-refractivity contribution in [3.63, 3.8) is 0 Å². The van der Waals surface area contributed by atoms with Crippen molar-refractivity contribution in [3.05, 3.63) is 23.5 Å². The molecule has 4 nitrogen and oxygen atoms in total. The van der Waals surface area contributed by atoms with E-state index in [1.807, 2.05) is 26.1 Å². The maximum Gasteiger partial charge on any atom is 0.142 e. The highest BCUT2D eigenvalue weighted by molar-refractivity contribution is 5.29. The van der Waals surface area contributed by atoms with E-state index in [0.29, 0.717) is 0 Å². The van der Waals surface area contributed by atoms with E-state index in [4.69, 9.17) is 4.74 Å². The molecule has 0 bridgehead atoms. The summed E-state index contributed by atoms with van der Waals surface area (Å²) in [6.45, 7) is 6.98. The Bertz CT molecular complexity index is 389. The minimum absolute atomic E-state index is 0.751. The van der Waals surface area contributed by atoms with Crippen molar-refractivity contribution < 1.29 is 4.74 Å². The topological polar surface area (TPSA) is 37.4 Å². The average Bonchev–Trinajstić information content (AvgIpc) is 2.43. The second-order valence-electron chi connectivity index (χ2n) is 5.18. The zero-order chi connectivity index (χ0) is 13.5. The first-order chi connectivity index (χ1) is 9.29. The Balaban J connectivity index is 1.84. The summed E-state index contributed by atoms with van der Waals surface area (Å²) in [5.74, 6) is 0.914. The monoisotopic (exact) mass is 263 g/mol. The molecular weight excluding hydrogens is 238 g/mol. The van der Waals surface area contributed by atoms with Crippen molar-refractivity contribution in [2.75, 3.05) is 33.3 Å². The third-order valence-corrected chi connectivity index (χ3v) is 3.53. The lowest BCUT2D eigenvalue weighted by molar-refractivity contribution is 0.182. The average molecular weight is 263 g/mol. The Hall–Kier alpha value is -1.13. The molecule has 0 spiro atoms. The molecule has 0 saturated carbocycles. The third-order valence-electron chi connectivity index (χ3n) is 3.53. The third kappa shape index (κ3) is 4.48. The van der Waals surface area contributed by atoms with Gasteiger partial charge in [0.1, 0.15) is 12.4 Å². The molecule has 1 aliphatic heterocycles. The van der Waals surface area contributed by atoms with Gasteiger partial charge in [-0.1, -0.05) is 6.42 Å². The predicted octanol–water partition coefficient (Wildman–Crippen LogP) is 1.97. The molecule has 0 radical (unpaired) electrons. The van der Waals surface area contributed by atoms with Gasteiger partial charge in [0.05, 0.1) is 5.69 Å². The summed E-state index contributed by atoms with van der Waals surface area (Å²) in [6, 6.07) is 4.04. The summed E-state index contributed by atoms with van der Waals surface area (Å²) in [4.78, 5) is 7.02. The minimum Gasteiger partial charge on any atom is -0.490 e. The zero-order valence-electron chi connectivity index (χ0n) is 12.1. The van der Waals surface area contributed by atoms with E-state index < -0.39 is 0 Å². The molecule has 0 amide bonds. The molecule has 4 heteroatoms. The van der Waals surface area contributed by atoms with Crippen LogP contribution < -0.4 is 10.1 Å². The van der Waals surface area contributed by atoms with E-state index in [1.54, 1.807) is 0 Å². The van der Waals surface area contributed by atoms with Crippen molar-refractivity contribution in [2.45, 2.75) is 32.7 Å². The van der Waals surface area contributed by atoms with E-state index in [-0.39, 0.29) is 0 Å². The SMILES string of the molecule is CNCc1nc(C)ccc1OCCN1CCCCC1. The van der Waals surface area contributed by atoms with Gasteiger partial charge in [0.15, 0.2) is 0 Å². The molecule has 2 rings (SSSR count). The number of aryl methyl sites for hydroxylation is 1. The van der Waals surface area contributed by atoms with E-state index in [9.17, 15) is 0 Å². The fourth-order valence-corrected chi connectivity index (χ4v) is 2.49. The van der Waals surface area contributed by atoms with Crippen LogP contribution in [0.1, 0.15) is 30.7 Å². The lowest BCUT2D eigenvalue weighted by atomic mass is 10.1. The van der Waals surface area contributed by atoms with Crippen LogP contribution in [0.25, 0.3) is 0 Å². The molecule has 19 heavy (non-hydrogen) atoms. The standard InChI is InChI=1S/C15H25N3O/c1-13-6-7-15(14(17-13)12-16-2)19-11-10-18-8-4-3-5-9-18/h6-7,16H,3-5,8-12H2,1-2H3. The van der Waals surface area contributed by atoms with Crippen molar-refractivity contribution in [3.8, 4) is 5.75 Å². The number of ether oxygens (including phenoxy) is 1. The lowest BCUT2D eigenvalue weighted by Gasteiger charge is -2.26. The smallest absolute Gasteiger partial charge is 0.142 e. The second-order valence-corrected chi connectivity index (χ2v) is 5.18. The molecule has 1 aliphatic rings. The van der Waals surface area contributed by atoms with Gasteiger partial charge in [-0.25, -0.2) is 0 Å². The first kappa shape index (κ1) is 14.3. The molecule has 1 saturated heterocycles. The molecule has 0 aromatic carbocycles. The number of rotatable bonds is 6. The Labute approximate surface area is 116 Å². The first-order valence-corrected chi connectivity index (χ1v) is 7.26. The van der Waals surface area contributed by atoms with Gasteiger partial charge in [0, 0.05) is 18.8 Å². The van der Waals surface area contributed by atoms with E-state index in [2.05, 4.69) is 15.2 Å². The molecular formula is C15H25N3O. The molecule has 1 N–H and O–H groups in total. The van der Waals surface area contributed by atoms with E-state index in [0.717, 1.165) is 36.8 Å². The molecule has 106 valence electrons. The molecule has 0 aliphatic carbocycles. The number of piperidine rings is 1. The summed E-state index contributed by atoms with van der Waals surface area (Å²) in [5, 5.41) is 3.14. The van der Waals surface area contributed by atoms with Crippen molar-refractivity contribution in [1.29, 1.82) is 0 Å². The summed E-state index contributed by atoms with van der Waals surface area (Å²) in [5.41, 5.74) is 2.04. The summed E-state index contributed by atoms with van der Waals surface area (Å²) < 4.78 is 5.90. The van der Waals surface area contributed by atoms with Crippen molar-refractivity contribution in [2.24, 2.45) is 0 Å². The molecule has 0 unspecified atom stereocenters. The van der Waals surface area contributed by atoms with Crippen LogP contribution >= 0.6 is 0 Å². The number of aromatic nitrogens is 1. The fourth-order valence-electron chi connectivity index (χ4n) is 2.49. The maximum atomic E-state index is 5.90. The fraction of sp³-hybridized carbons (Fsp3) is 0.667. The number of nitrogens with zero attached hydrogens (tertiary/aromatic N) is 2. The molecule has 1 fully saturated rings. The van der Waals surface area contributed by atoms with Gasteiger partial charge >= 0.3 is 0 Å². The van der Waals surface area contributed by atoms with Gasteiger partial charge in [0.2, 0.25) is 0 Å². The number of pyridine rings is 1. The number of nitrogens with one attached hydrogen (secondary N) is 1. The lowest BCUT2D eigenvalue weighted by Crippen LogP contribution is -2.33. The quantitative estimate of drug-likeness (QED) is 0.851. The minimum atomic E-state index is 0.751. The Morgan fingerprint density at radius 1 is 1.26 bits per heavy atom. The van der Waals surface area contributed by atoms with Crippen LogP contribution in [-0.4, -0.2) is 43.2 Å². The normalized spacial score (nSPS) is 16.5. The second kappa shape index (κ2) is 7.46. The van der Waals surface area contributed by atoms with Gasteiger partial charge in [-0.2, -0.15) is 0 Å². The number of hydrogen-bond acceptors (Lipinski definition) is 4. The Morgan fingerprint density at radius 2 is 2.05 bits per heavy atom. The van der Waals surface area contributed by atoms with E-state index >= 15 is 0 Å². The molecule has 1 aromatic heterocycles. The van der Waals surface area contributed by atoms with Crippen LogP contribution in [0.3, 0.4) is 0 Å². The van der Waals surface area contributed by atoms with Crippen molar-refractivity contribution in [1.82, 2.24) is 15.2 Å². The number of hydrogen-bond donors (Lipinski definition) is 1. The largest absolute Gasteiger partial charge is 0.490 e.